The monoisotopic (exact) mass is 310 g/mol. The minimum absolute atomic E-state index is 0.328. The second-order valence-electron chi connectivity index (χ2n) is 4.48. The zero-order chi connectivity index (χ0) is 13.1. The summed E-state index contributed by atoms with van der Waals surface area (Å²) in [5.41, 5.74) is 1.16. The normalized spacial score (nSPS) is 12.6. The summed E-state index contributed by atoms with van der Waals surface area (Å²) in [5.74, 6) is 1.16. The Hall–Kier alpha value is -1.29. The fourth-order valence-corrected chi connectivity index (χ4v) is 1.86. The number of benzene rings is 1. The second kappa shape index (κ2) is 5.57. The highest BCUT2D eigenvalue weighted by Crippen LogP contribution is 2.22. The van der Waals surface area contributed by atoms with Gasteiger partial charge in [-0.05, 0) is 30.5 Å². The summed E-state index contributed by atoms with van der Waals surface area (Å²) in [6.07, 6.45) is 0. The molecule has 0 radical (unpaired) electrons. The van der Waals surface area contributed by atoms with Gasteiger partial charge >= 0.3 is 5.63 Å². The van der Waals surface area contributed by atoms with Crippen molar-refractivity contribution in [3.63, 3.8) is 0 Å². The van der Waals surface area contributed by atoms with Crippen molar-refractivity contribution in [1.82, 2.24) is 0 Å². The first kappa shape index (κ1) is 13.1. The number of ether oxygens (including phenoxy) is 1. The van der Waals surface area contributed by atoms with E-state index < -0.39 is 0 Å². The molecule has 0 fully saturated rings. The van der Waals surface area contributed by atoms with Crippen molar-refractivity contribution >= 4 is 26.9 Å². The number of fused-ring (bicyclic) bond motifs is 1. The van der Waals surface area contributed by atoms with Crippen molar-refractivity contribution < 1.29 is 9.15 Å². The molecule has 0 N–H and O–H groups in total. The van der Waals surface area contributed by atoms with Gasteiger partial charge in [0.05, 0.1) is 6.61 Å². The van der Waals surface area contributed by atoms with Crippen LogP contribution in [0.5, 0.6) is 5.75 Å². The maximum absolute atomic E-state index is 11.3. The Bertz CT molecular complexity index is 604. The lowest BCUT2D eigenvalue weighted by molar-refractivity contribution is 0.274. The minimum atomic E-state index is -0.328. The third-order valence-corrected chi connectivity index (χ3v) is 3.83. The highest BCUT2D eigenvalue weighted by atomic mass is 79.9. The molecule has 96 valence electrons. The van der Waals surface area contributed by atoms with Crippen LogP contribution in [-0.2, 0) is 0 Å². The van der Waals surface area contributed by atoms with Crippen LogP contribution in [0.15, 0.2) is 33.5 Å². The smallest absolute Gasteiger partial charge is 0.336 e. The van der Waals surface area contributed by atoms with Gasteiger partial charge < -0.3 is 9.15 Å². The first-order chi connectivity index (χ1) is 8.60. The Morgan fingerprint density at radius 2 is 2.17 bits per heavy atom. The molecule has 0 saturated heterocycles. The summed E-state index contributed by atoms with van der Waals surface area (Å²) in [5, 5.41) is 1.84. The largest absolute Gasteiger partial charge is 0.493 e. The summed E-state index contributed by atoms with van der Waals surface area (Å²) in [6.45, 7) is 4.62. The van der Waals surface area contributed by atoms with Crippen LogP contribution >= 0.6 is 15.9 Å². The van der Waals surface area contributed by atoms with Crippen LogP contribution in [0.1, 0.15) is 12.5 Å². The van der Waals surface area contributed by atoms with E-state index >= 15 is 0 Å². The summed E-state index contributed by atoms with van der Waals surface area (Å²) in [6, 6.07) is 7.08. The van der Waals surface area contributed by atoms with Crippen molar-refractivity contribution in [1.29, 1.82) is 0 Å². The van der Waals surface area contributed by atoms with Crippen molar-refractivity contribution in [3.8, 4) is 5.75 Å². The zero-order valence-electron chi connectivity index (χ0n) is 10.4. The van der Waals surface area contributed by atoms with Gasteiger partial charge in [0.15, 0.2) is 0 Å². The molecule has 0 aliphatic rings. The molecule has 1 unspecified atom stereocenters. The molecule has 1 heterocycles. The first-order valence-electron chi connectivity index (χ1n) is 5.83. The van der Waals surface area contributed by atoms with E-state index in [0.717, 1.165) is 22.0 Å². The molecule has 0 saturated carbocycles. The van der Waals surface area contributed by atoms with Gasteiger partial charge in [-0.15, -0.1) is 0 Å². The molecule has 0 bridgehead atoms. The molecule has 2 aromatic rings. The molecule has 2 rings (SSSR count). The average Bonchev–Trinajstić information content (AvgIpc) is 2.35. The first-order valence-corrected chi connectivity index (χ1v) is 6.95. The van der Waals surface area contributed by atoms with Gasteiger partial charge in [0.2, 0.25) is 0 Å². The summed E-state index contributed by atoms with van der Waals surface area (Å²) >= 11 is 3.41. The lowest BCUT2D eigenvalue weighted by Gasteiger charge is -2.10. The van der Waals surface area contributed by atoms with Gasteiger partial charge in [-0.25, -0.2) is 4.79 Å². The number of alkyl halides is 1. The van der Waals surface area contributed by atoms with Crippen LogP contribution in [0.3, 0.4) is 0 Å². The minimum Gasteiger partial charge on any atom is -0.493 e. The molecule has 1 atom stereocenters. The van der Waals surface area contributed by atoms with Crippen molar-refractivity contribution in [3.05, 3.63) is 40.2 Å². The summed E-state index contributed by atoms with van der Waals surface area (Å²) in [4.78, 5) is 11.3. The standard InChI is InChI=1S/C14H15BrO3/c1-9(7-15)8-17-11-3-4-12-10(2)5-14(16)18-13(12)6-11/h3-6,9H,7-8H2,1-2H3. The highest BCUT2D eigenvalue weighted by Gasteiger charge is 2.05. The number of aryl methyl sites for hydroxylation is 1. The van der Waals surface area contributed by atoms with Gasteiger partial charge in [0.25, 0.3) is 0 Å². The topological polar surface area (TPSA) is 39.4 Å². The van der Waals surface area contributed by atoms with Crippen LogP contribution in [0.4, 0.5) is 0 Å². The molecule has 1 aromatic carbocycles. The molecule has 0 amide bonds. The Labute approximate surface area is 114 Å². The van der Waals surface area contributed by atoms with E-state index in [9.17, 15) is 4.79 Å². The van der Waals surface area contributed by atoms with E-state index in [1.165, 1.54) is 6.07 Å². The average molecular weight is 311 g/mol. The van der Waals surface area contributed by atoms with E-state index in [1.54, 1.807) is 6.07 Å². The molecule has 3 nitrogen and oxygen atoms in total. The van der Waals surface area contributed by atoms with Gasteiger partial charge in [-0.1, -0.05) is 22.9 Å². The van der Waals surface area contributed by atoms with Crippen LogP contribution in [-0.4, -0.2) is 11.9 Å². The molecular formula is C14H15BrO3. The van der Waals surface area contributed by atoms with Crippen molar-refractivity contribution in [2.75, 3.05) is 11.9 Å². The van der Waals surface area contributed by atoms with Crippen LogP contribution in [0.2, 0.25) is 0 Å². The number of hydrogen-bond acceptors (Lipinski definition) is 3. The molecule has 18 heavy (non-hydrogen) atoms. The van der Waals surface area contributed by atoms with Crippen LogP contribution < -0.4 is 10.4 Å². The lowest BCUT2D eigenvalue weighted by atomic mass is 10.1. The predicted octanol–water partition coefficient (Wildman–Crippen LogP) is 3.51. The van der Waals surface area contributed by atoms with Crippen LogP contribution in [0.25, 0.3) is 11.0 Å². The molecular weight excluding hydrogens is 296 g/mol. The van der Waals surface area contributed by atoms with Crippen molar-refractivity contribution in [2.24, 2.45) is 5.92 Å². The fourth-order valence-electron chi connectivity index (χ4n) is 1.68. The Morgan fingerprint density at radius 1 is 1.39 bits per heavy atom. The van der Waals surface area contributed by atoms with Gasteiger partial charge in [-0.2, -0.15) is 0 Å². The lowest BCUT2D eigenvalue weighted by Crippen LogP contribution is -2.09. The van der Waals surface area contributed by atoms with E-state index in [0.29, 0.717) is 18.1 Å². The Kier molecular flexibility index (Phi) is 4.07. The van der Waals surface area contributed by atoms with Gasteiger partial charge in [-0.3, -0.25) is 0 Å². The number of halogens is 1. The predicted molar refractivity (Wildman–Crippen MR) is 75.7 cm³/mol. The SMILES string of the molecule is Cc1cc(=O)oc2cc(OCC(C)CBr)ccc12. The molecule has 4 heteroatoms. The van der Waals surface area contributed by atoms with E-state index in [1.807, 2.05) is 19.1 Å². The molecule has 0 aliphatic heterocycles. The fraction of sp³-hybridized carbons (Fsp3) is 0.357. The maximum atomic E-state index is 11.3. The summed E-state index contributed by atoms with van der Waals surface area (Å²) < 4.78 is 10.8. The van der Waals surface area contributed by atoms with Gasteiger partial charge in [0.1, 0.15) is 11.3 Å². The van der Waals surface area contributed by atoms with Gasteiger partial charge in [0, 0.05) is 22.8 Å². The third kappa shape index (κ3) is 2.93. The van der Waals surface area contributed by atoms with Crippen molar-refractivity contribution in [2.45, 2.75) is 13.8 Å². The van der Waals surface area contributed by atoms with E-state index in [2.05, 4.69) is 22.9 Å². The molecule has 0 spiro atoms. The number of rotatable bonds is 4. The molecule has 0 aliphatic carbocycles. The summed E-state index contributed by atoms with van der Waals surface area (Å²) in [7, 11) is 0. The molecule has 1 aromatic heterocycles. The maximum Gasteiger partial charge on any atom is 0.336 e. The van der Waals surface area contributed by atoms with E-state index in [4.69, 9.17) is 9.15 Å². The quantitative estimate of drug-likeness (QED) is 0.641. The highest BCUT2D eigenvalue weighted by molar-refractivity contribution is 9.09. The second-order valence-corrected chi connectivity index (χ2v) is 5.12. The third-order valence-electron chi connectivity index (χ3n) is 2.72. The van der Waals surface area contributed by atoms with E-state index in [-0.39, 0.29) is 5.63 Å². The Morgan fingerprint density at radius 3 is 2.89 bits per heavy atom. The van der Waals surface area contributed by atoms with Crippen LogP contribution in [0, 0.1) is 12.8 Å². The zero-order valence-corrected chi connectivity index (χ0v) is 12.0. The Balaban J connectivity index is 2.30. The number of hydrogen-bond donors (Lipinski definition) is 0.